The SMILES string of the molecule is CC(NC(=O)C1CC[C@H]2[C@@H]3CCC4NC(=O)C=C[C@]4(C)[C@@H]3CC[C@]12C)(c1ccccc1)c1ccccc1. The molecule has 3 aliphatic carbocycles. The molecule has 4 heteroatoms. The summed E-state index contributed by atoms with van der Waals surface area (Å²) in [4.78, 5) is 26.2. The van der Waals surface area contributed by atoms with Crippen molar-refractivity contribution in [3.63, 3.8) is 0 Å². The Labute approximate surface area is 221 Å². The lowest BCUT2D eigenvalue weighted by Gasteiger charge is -2.58. The first-order valence-electron chi connectivity index (χ1n) is 14.2. The van der Waals surface area contributed by atoms with Crippen LogP contribution < -0.4 is 10.6 Å². The summed E-state index contributed by atoms with van der Waals surface area (Å²) in [6.45, 7) is 6.91. The summed E-state index contributed by atoms with van der Waals surface area (Å²) in [5, 5.41) is 6.81. The summed E-state index contributed by atoms with van der Waals surface area (Å²) in [6.07, 6.45) is 10.4. The number of benzene rings is 2. The Kier molecular flexibility index (Phi) is 5.85. The Balaban J connectivity index is 1.27. The average Bonchev–Trinajstić information content (AvgIpc) is 3.27. The van der Waals surface area contributed by atoms with E-state index in [0.29, 0.717) is 17.8 Å². The van der Waals surface area contributed by atoms with Crippen LogP contribution >= 0.6 is 0 Å². The van der Waals surface area contributed by atoms with Crippen LogP contribution in [0.3, 0.4) is 0 Å². The molecular weight excluding hydrogens is 456 g/mol. The van der Waals surface area contributed by atoms with Gasteiger partial charge in [0.1, 0.15) is 0 Å². The van der Waals surface area contributed by atoms with Crippen molar-refractivity contribution < 1.29 is 9.59 Å². The highest BCUT2D eigenvalue weighted by Gasteiger charge is 2.61. The largest absolute Gasteiger partial charge is 0.349 e. The van der Waals surface area contributed by atoms with Gasteiger partial charge in [-0.05, 0) is 85.8 Å². The smallest absolute Gasteiger partial charge is 0.243 e. The lowest BCUT2D eigenvalue weighted by atomic mass is 9.48. The summed E-state index contributed by atoms with van der Waals surface area (Å²) in [7, 11) is 0. The Bertz CT molecular complexity index is 1170. The van der Waals surface area contributed by atoms with Gasteiger partial charge in [-0.1, -0.05) is 80.6 Å². The van der Waals surface area contributed by atoms with Gasteiger partial charge in [-0.2, -0.15) is 0 Å². The van der Waals surface area contributed by atoms with E-state index < -0.39 is 5.54 Å². The van der Waals surface area contributed by atoms with Gasteiger partial charge in [-0.25, -0.2) is 0 Å². The van der Waals surface area contributed by atoms with Crippen LogP contribution in [0.1, 0.15) is 70.4 Å². The molecule has 2 aromatic rings. The second-order valence-electron chi connectivity index (χ2n) is 12.7. The lowest BCUT2D eigenvalue weighted by Crippen LogP contribution is -2.59. The van der Waals surface area contributed by atoms with Crippen LogP contribution in [0.25, 0.3) is 0 Å². The van der Waals surface area contributed by atoms with E-state index in [1.54, 1.807) is 6.08 Å². The van der Waals surface area contributed by atoms with Crippen LogP contribution in [0.4, 0.5) is 0 Å². The maximum atomic E-state index is 14.2. The first-order valence-corrected chi connectivity index (χ1v) is 14.2. The van der Waals surface area contributed by atoms with E-state index in [1.165, 1.54) is 0 Å². The fourth-order valence-corrected chi connectivity index (χ4v) is 8.95. The molecule has 7 atom stereocenters. The van der Waals surface area contributed by atoms with Gasteiger partial charge in [0.2, 0.25) is 11.8 Å². The van der Waals surface area contributed by atoms with Crippen molar-refractivity contribution in [1.82, 2.24) is 10.6 Å². The highest BCUT2D eigenvalue weighted by Crippen LogP contribution is 2.65. The van der Waals surface area contributed by atoms with Gasteiger partial charge >= 0.3 is 0 Å². The molecule has 37 heavy (non-hydrogen) atoms. The van der Waals surface area contributed by atoms with Crippen LogP contribution in [0.2, 0.25) is 0 Å². The number of rotatable bonds is 4. The number of fused-ring (bicyclic) bond motifs is 5. The Morgan fingerprint density at radius 3 is 2.19 bits per heavy atom. The number of hydrogen-bond donors (Lipinski definition) is 2. The molecular formula is C33H40N2O2. The number of carbonyl (C=O) groups is 2. The molecule has 2 N–H and O–H groups in total. The van der Waals surface area contributed by atoms with Crippen LogP contribution in [-0.2, 0) is 15.1 Å². The minimum absolute atomic E-state index is 0.0182. The van der Waals surface area contributed by atoms with E-state index in [0.717, 1.165) is 49.7 Å². The molecule has 0 spiro atoms. The molecule has 2 amide bonds. The van der Waals surface area contributed by atoms with E-state index in [2.05, 4.69) is 86.0 Å². The van der Waals surface area contributed by atoms with Crippen LogP contribution in [0.15, 0.2) is 72.8 Å². The zero-order valence-electron chi connectivity index (χ0n) is 22.4. The van der Waals surface area contributed by atoms with E-state index in [9.17, 15) is 9.59 Å². The summed E-state index contributed by atoms with van der Waals surface area (Å²) >= 11 is 0. The molecule has 0 bridgehead atoms. The lowest BCUT2D eigenvalue weighted by molar-refractivity contribution is -0.135. The quantitative estimate of drug-likeness (QED) is 0.547. The second kappa shape index (κ2) is 8.85. The molecule has 2 unspecified atom stereocenters. The van der Waals surface area contributed by atoms with Crippen molar-refractivity contribution in [3.8, 4) is 0 Å². The van der Waals surface area contributed by atoms with Crippen LogP contribution in [0.5, 0.6) is 0 Å². The molecule has 3 fully saturated rings. The van der Waals surface area contributed by atoms with Crippen molar-refractivity contribution in [2.45, 2.75) is 70.9 Å². The van der Waals surface area contributed by atoms with Crippen LogP contribution in [-0.4, -0.2) is 17.9 Å². The van der Waals surface area contributed by atoms with E-state index in [4.69, 9.17) is 0 Å². The number of amides is 2. The van der Waals surface area contributed by atoms with Gasteiger partial charge in [0, 0.05) is 17.4 Å². The van der Waals surface area contributed by atoms with Crippen molar-refractivity contribution in [1.29, 1.82) is 0 Å². The third-order valence-electron chi connectivity index (χ3n) is 11.1. The standard InChI is InChI=1S/C33H40N2O2/c1-31-20-18-26-24(14-17-28-32(26,2)21-19-29(36)34-28)25(31)15-16-27(31)30(37)35-33(3,22-10-6-4-7-11-22)23-12-8-5-9-13-23/h4-13,19,21,24-28H,14-18,20H2,1-3H3,(H,34,36)(H,35,37)/t24-,25-,26+,27?,28?,31-,32+/m0/s1. The molecule has 0 radical (unpaired) electrons. The third kappa shape index (κ3) is 3.78. The van der Waals surface area contributed by atoms with Gasteiger partial charge < -0.3 is 10.6 Å². The van der Waals surface area contributed by atoms with Crippen LogP contribution in [0, 0.1) is 34.5 Å². The van der Waals surface area contributed by atoms with Gasteiger partial charge in [-0.15, -0.1) is 0 Å². The van der Waals surface area contributed by atoms with Crippen molar-refractivity contribution in [2.24, 2.45) is 34.5 Å². The van der Waals surface area contributed by atoms with Gasteiger partial charge in [0.25, 0.3) is 0 Å². The highest BCUT2D eigenvalue weighted by atomic mass is 16.2. The minimum Gasteiger partial charge on any atom is -0.349 e. The number of carbonyl (C=O) groups excluding carboxylic acids is 2. The molecule has 1 aliphatic heterocycles. The zero-order chi connectivity index (χ0) is 25.8. The second-order valence-corrected chi connectivity index (χ2v) is 12.7. The van der Waals surface area contributed by atoms with Crippen molar-refractivity contribution >= 4 is 11.8 Å². The van der Waals surface area contributed by atoms with E-state index >= 15 is 0 Å². The fraction of sp³-hybridized carbons (Fsp3) is 0.515. The van der Waals surface area contributed by atoms with Gasteiger partial charge in [0.15, 0.2) is 0 Å². The normalized spacial score (nSPS) is 36.6. The summed E-state index contributed by atoms with van der Waals surface area (Å²) in [5.74, 6) is 2.03. The minimum atomic E-state index is -0.581. The molecule has 6 rings (SSSR count). The van der Waals surface area contributed by atoms with E-state index in [1.807, 2.05) is 12.1 Å². The van der Waals surface area contributed by atoms with Crippen molar-refractivity contribution in [3.05, 3.63) is 83.9 Å². The average molecular weight is 497 g/mol. The van der Waals surface area contributed by atoms with Gasteiger partial charge in [-0.3, -0.25) is 9.59 Å². The zero-order valence-corrected chi connectivity index (χ0v) is 22.4. The van der Waals surface area contributed by atoms with Gasteiger partial charge in [0.05, 0.1) is 5.54 Å². The van der Waals surface area contributed by atoms with Crippen molar-refractivity contribution in [2.75, 3.05) is 0 Å². The maximum absolute atomic E-state index is 14.2. The summed E-state index contributed by atoms with van der Waals surface area (Å²) in [5.41, 5.74) is 1.68. The fourth-order valence-electron chi connectivity index (χ4n) is 8.95. The Hall–Kier alpha value is -2.88. The Morgan fingerprint density at radius 2 is 1.54 bits per heavy atom. The molecule has 0 saturated heterocycles. The first kappa shape index (κ1) is 24.5. The summed E-state index contributed by atoms with van der Waals surface area (Å²) in [6, 6.07) is 21.0. The third-order valence-corrected chi connectivity index (χ3v) is 11.1. The molecule has 4 nitrogen and oxygen atoms in total. The van der Waals surface area contributed by atoms with E-state index in [-0.39, 0.29) is 34.6 Å². The number of hydrogen-bond acceptors (Lipinski definition) is 2. The topological polar surface area (TPSA) is 58.2 Å². The number of nitrogens with one attached hydrogen (secondary N) is 2. The monoisotopic (exact) mass is 496 g/mol. The Morgan fingerprint density at radius 1 is 0.892 bits per heavy atom. The predicted molar refractivity (Wildman–Crippen MR) is 146 cm³/mol. The highest BCUT2D eigenvalue weighted by molar-refractivity contribution is 5.89. The molecule has 0 aromatic heterocycles. The molecule has 194 valence electrons. The molecule has 4 aliphatic rings. The summed E-state index contributed by atoms with van der Waals surface area (Å²) < 4.78 is 0. The maximum Gasteiger partial charge on any atom is 0.243 e. The molecule has 2 aromatic carbocycles. The first-order chi connectivity index (χ1) is 17.8. The molecule has 1 heterocycles. The predicted octanol–water partition coefficient (Wildman–Crippen LogP) is 5.98. The molecule has 3 saturated carbocycles.